The van der Waals surface area contributed by atoms with E-state index in [9.17, 15) is 18.0 Å². The lowest BCUT2D eigenvalue weighted by molar-refractivity contribution is -0.123. The van der Waals surface area contributed by atoms with E-state index in [1.165, 1.54) is 36.4 Å². The van der Waals surface area contributed by atoms with E-state index in [0.29, 0.717) is 17.2 Å². The van der Waals surface area contributed by atoms with Crippen LogP contribution in [0.2, 0.25) is 0 Å². The minimum atomic E-state index is -3.69. The van der Waals surface area contributed by atoms with Gasteiger partial charge < -0.3 is 10.2 Å². The van der Waals surface area contributed by atoms with Crippen molar-refractivity contribution >= 4 is 49.7 Å². The Morgan fingerprint density at radius 2 is 2.06 bits per heavy atom. The summed E-state index contributed by atoms with van der Waals surface area (Å²) in [5.74, 6) is -0.559. The quantitative estimate of drug-likeness (QED) is 0.728. The van der Waals surface area contributed by atoms with Crippen molar-refractivity contribution in [1.29, 1.82) is 0 Å². The van der Waals surface area contributed by atoms with E-state index in [0.717, 1.165) is 35.1 Å². The zero-order valence-electron chi connectivity index (χ0n) is 17.7. The number of hydrogen-bond acceptors (Lipinski definition) is 7. The molecule has 0 saturated carbocycles. The van der Waals surface area contributed by atoms with Crippen molar-refractivity contribution in [2.24, 2.45) is 0 Å². The monoisotopic (exact) mass is 463 g/mol. The third-order valence-electron chi connectivity index (χ3n) is 5.55. The molecule has 2 aliphatic rings. The van der Waals surface area contributed by atoms with Crippen LogP contribution in [0.4, 0.5) is 16.5 Å². The molecule has 166 valence electrons. The Hall–Kier alpha value is -2.50. The van der Waals surface area contributed by atoms with Crippen LogP contribution >= 0.6 is 11.3 Å². The second kappa shape index (κ2) is 8.21. The second-order valence-corrected chi connectivity index (χ2v) is 10.9. The number of aromatic nitrogens is 1. The average Bonchev–Trinajstić information content (AvgIpc) is 3.15. The molecular formula is C20H25N5O4S2. The SMILES string of the molecule is Cc1csc(NC(=O)CN2C(=O)[C@@H]3CCCCN3c3ccc(S(=O)(=O)N(C)C)cc32)n1. The number of rotatable bonds is 5. The molecule has 1 fully saturated rings. The molecule has 2 amide bonds. The highest BCUT2D eigenvalue weighted by molar-refractivity contribution is 7.89. The molecule has 0 bridgehead atoms. The van der Waals surface area contributed by atoms with Crippen LogP contribution in [0.15, 0.2) is 28.5 Å². The van der Waals surface area contributed by atoms with Gasteiger partial charge in [0.2, 0.25) is 21.8 Å². The van der Waals surface area contributed by atoms with Crippen molar-refractivity contribution in [1.82, 2.24) is 9.29 Å². The molecule has 0 aliphatic carbocycles. The lowest BCUT2D eigenvalue weighted by Crippen LogP contribution is -2.56. The predicted molar refractivity (Wildman–Crippen MR) is 120 cm³/mol. The lowest BCUT2D eigenvalue weighted by Gasteiger charge is -2.45. The predicted octanol–water partition coefficient (Wildman–Crippen LogP) is 2.05. The van der Waals surface area contributed by atoms with Crippen LogP contribution in [0.1, 0.15) is 25.0 Å². The first-order valence-corrected chi connectivity index (χ1v) is 12.4. The molecule has 9 nitrogen and oxygen atoms in total. The molecular weight excluding hydrogens is 438 g/mol. The van der Waals surface area contributed by atoms with Gasteiger partial charge in [0.1, 0.15) is 12.6 Å². The number of hydrogen-bond donors (Lipinski definition) is 1. The van der Waals surface area contributed by atoms with E-state index in [1.807, 2.05) is 17.2 Å². The fourth-order valence-corrected chi connectivity index (χ4v) is 5.61. The Kier molecular flexibility index (Phi) is 5.75. The number of aryl methyl sites for hydroxylation is 1. The number of fused-ring (bicyclic) bond motifs is 3. The Morgan fingerprint density at radius 1 is 1.29 bits per heavy atom. The highest BCUT2D eigenvalue weighted by Gasteiger charge is 2.40. The van der Waals surface area contributed by atoms with Gasteiger partial charge in [0.05, 0.1) is 22.0 Å². The molecule has 1 saturated heterocycles. The van der Waals surface area contributed by atoms with Gasteiger partial charge in [0, 0.05) is 26.0 Å². The summed E-state index contributed by atoms with van der Waals surface area (Å²) in [7, 11) is -0.767. The van der Waals surface area contributed by atoms with Crippen molar-refractivity contribution in [3.05, 3.63) is 29.3 Å². The third-order valence-corrected chi connectivity index (χ3v) is 8.23. The number of carbonyl (C=O) groups excluding carboxylic acids is 2. The third kappa shape index (κ3) is 4.04. The van der Waals surface area contributed by atoms with Crippen molar-refractivity contribution < 1.29 is 18.0 Å². The molecule has 0 unspecified atom stereocenters. The fraction of sp³-hybridized carbons (Fsp3) is 0.450. The molecule has 11 heteroatoms. The van der Waals surface area contributed by atoms with E-state index in [1.54, 1.807) is 12.1 Å². The summed E-state index contributed by atoms with van der Waals surface area (Å²) in [5, 5.41) is 5.03. The van der Waals surface area contributed by atoms with Gasteiger partial charge in [-0.3, -0.25) is 14.5 Å². The first kappa shape index (κ1) is 21.7. The molecule has 2 aromatic rings. The molecule has 0 radical (unpaired) electrons. The van der Waals surface area contributed by atoms with Crippen molar-refractivity contribution in [3.63, 3.8) is 0 Å². The van der Waals surface area contributed by atoms with E-state index >= 15 is 0 Å². The summed E-state index contributed by atoms with van der Waals surface area (Å²) in [6.07, 6.45) is 2.61. The summed E-state index contributed by atoms with van der Waals surface area (Å²) in [6.45, 7) is 2.35. The van der Waals surface area contributed by atoms with Crippen molar-refractivity contribution in [3.8, 4) is 0 Å². The summed E-state index contributed by atoms with van der Waals surface area (Å²) in [4.78, 5) is 33.8. The molecule has 31 heavy (non-hydrogen) atoms. The first-order chi connectivity index (χ1) is 14.7. The van der Waals surface area contributed by atoms with Crippen LogP contribution < -0.4 is 15.1 Å². The highest BCUT2D eigenvalue weighted by atomic mass is 32.2. The van der Waals surface area contributed by atoms with Crippen LogP contribution in [-0.2, 0) is 19.6 Å². The van der Waals surface area contributed by atoms with Gasteiger partial charge >= 0.3 is 0 Å². The van der Waals surface area contributed by atoms with Gasteiger partial charge in [0.25, 0.3) is 0 Å². The number of nitrogens with zero attached hydrogens (tertiary/aromatic N) is 4. The summed E-state index contributed by atoms with van der Waals surface area (Å²) >= 11 is 1.31. The maximum Gasteiger partial charge on any atom is 0.250 e. The Balaban J connectivity index is 1.71. The number of piperidine rings is 1. The molecule has 1 atom stereocenters. The molecule has 1 aromatic heterocycles. The van der Waals surface area contributed by atoms with Crippen LogP contribution in [0, 0.1) is 6.92 Å². The van der Waals surface area contributed by atoms with Gasteiger partial charge in [-0.05, 0) is 44.4 Å². The topological polar surface area (TPSA) is 103 Å². The number of nitrogens with one attached hydrogen (secondary N) is 1. The van der Waals surface area contributed by atoms with Crippen molar-refractivity contribution in [2.45, 2.75) is 37.1 Å². The number of amides is 2. The van der Waals surface area contributed by atoms with E-state index in [4.69, 9.17) is 0 Å². The Labute approximate surface area is 185 Å². The van der Waals surface area contributed by atoms with E-state index in [2.05, 4.69) is 10.3 Å². The van der Waals surface area contributed by atoms with Gasteiger partial charge in [-0.15, -0.1) is 11.3 Å². The summed E-state index contributed by atoms with van der Waals surface area (Å²) < 4.78 is 26.5. The highest BCUT2D eigenvalue weighted by Crippen LogP contribution is 2.40. The second-order valence-electron chi connectivity index (χ2n) is 7.91. The molecule has 0 spiro atoms. The fourth-order valence-electron chi connectivity index (χ4n) is 3.99. The largest absolute Gasteiger partial charge is 0.358 e. The molecule has 1 N–H and O–H groups in total. The maximum absolute atomic E-state index is 13.3. The number of benzene rings is 1. The Morgan fingerprint density at radius 3 is 2.74 bits per heavy atom. The molecule has 3 heterocycles. The van der Waals surface area contributed by atoms with Gasteiger partial charge in [-0.25, -0.2) is 17.7 Å². The minimum absolute atomic E-state index is 0.0838. The number of carbonyl (C=O) groups is 2. The zero-order valence-corrected chi connectivity index (χ0v) is 19.3. The van der Waals surface area contributed by atoms with Crippen LogP contribution in [0.25, 0.3) is 0 Å². The molecule has 4 rings (SSSR count). The van der Waals surface area contributed by atoms with E-state index < -0.39 is 10.0 Å². The van der Waals surface area contributed by atoms with Crippen LogP contribution in [-0.4, -0.2) is 62.7 Å². The normalized spacial score (nSPS) is 18.7. The van der Waals surface area contributed by atoms with Gasteiger partial charge in [-0.1, -0.05) is 0 Å². The minimum Gasteiger partial charge on any atom is -0.358 e. The first-order valence-electron chi connectivity index (χ1n) is 10.0. The van der Waals surface area contributed by atoms with Crippen molar-refractivity contribution in [2.75, 3.05) is 42.3 Å². The Bertz CT molecular complexity index is 1130. The van der Waals surface area contributed by atoms with Gasteiger partial charge in [0.15, 0.2) is 5.13 Å². The summed E-state index contributed by atoms with van der Waals surface area (Å²) in [6, 6.07) is 4.46. The van der Waals surface area contributed by atoms with Crippen LogP contribution in [0.5, 0.6) is 0 Å². The molecule has 2 aliphatic heterocycles. The standard InChI is InChI=1S/C20H25N5O4S2/c1-13-12-30-20(21-13)22-18(26)11-25-17-10-14(31(28,29)23(2)3)7-8-15(17)24-9-5-4-6-16(24)19(25)27/h7-8,10,12,16H,4-6,9,11H2,1-3H3,(H,21,22,26)/t16-/m0/s1. The molecule has 1 aromatic carbocycles. The smallest absolute Gasteiger partial charge is 0.250 e. The lowest BCUT2D eigenvalue weighted by atomic mass is 9.96. The number of sulfonamides is 1. The number of thiazole rings is 1. The number of anilines is 3. The maximum atomic E-state index is 13.3. The zero-order chi connectivity index (χ0) is 22.3. The van der Waals surface area contributed by atoms with Crippen LogP contribution in [0.3, 0.4) is 0 Å². The van der Waals surface area contributed by atoms with Gasteiger partial charge in [-0.2, -0.15) is 0 Å². The summed E-state index contributed by atoms with van der Waals surface area (Å²) in [5.41, 5.74) is 2.02. The van der Waals surface area contributed by atoms with E-state index in [-0.39, 0.29) is 29.3 Å². The average molecular weight is 464 g/mol.